The standard InChI is InChI=1S/C14H14N2O5/c1-7(14(19)20)16-13(18)12(17)10-6-15-11-4-3-8(21-2)5-9(10)11/h3-7,15H,1-2H3,(H,16,18)(H,19,20)/t7-/m1/s1. The van der Waals surface area contributed by atoms with Crippen molar-refractivity contribution in [3.63, 3.8) is 0 Å². The molecule has 1 aromatic heterocycles. The molecule has 1 heterocycles. The van der Waals surface area contributed by atoms with Crippen LogP contribution in [0.1, 0.15) is 17.3 Å². The van der Waals surface area contributed by atoms with E-state index in [9.17, 15) is 14.4 Å². The maximum Gasteiger partial charge on any atom is 0.325 e. The van der Waals surface area contributed by atoms with E-state index in [0.717, 1.165) is 0 Å². The van der Waals surface area contributed by atoms with Crippen molar-refractivity contribution in [3.05, 3.63) is 30.0 Å². The normalized spacial score (nSPS) is 11.9. The highest BCUT2D eigenvalue weighted by Gasteiger charge is 2.23. The van der Waals surface area contributed by atoms with Gasteiger partial charge in [0.2, 0.25) is 0 Å². The summed E-state index contributed by atoms with van der Waals surface area (Å²) < 4.78 is 5.08. The molecule has 2 aromatic rings. The number of carbonyl (C=O) groups excluding carboxylic acids is 2. The van der Waals surface area contributed by atoms with Crippen LogP contribution in [-0.2, 0) is 9.59 Å². The molecule has 21 heavy (non-hydrogen) atoms. The monoisotopic (exact) mass is 290 g/mol. The largest absolute Gasteiger partial charge is 0.497 e. The number of carboxylic acid groups (broad SMARTS) is 1. The summed E-state index contributed by atoms with van der Waals surface area (Å²) in [5.74, 6) is -2.43. The predicted molar refractivity (Wildman–Crippen MR) is 74.4 cm³/mol. The van der Waals surface area contributed by atoms with E-state index >= 15 is 0 Å². The lowest BCUT2D eigenvalue weighted by atomic mass is 10.1. The summed E-state index contributed by atoms with van der Waals surface area (Å²) in [6.45, 7) is 1.28. The third-order valence-electron chi connectivity index (χ3n) is 3.06. The quantitative estimate of drug-likeness (QED) is 0.561. The smallest absolute Gasteiger partial charge is 0.325 e. The molecular formula is C14H14N2O5. The van der Waals surface area contributed by atoms with Gasteiger partial charge in [-0.15, -0.1) is 0 Å². The van der Waals surface area contributed by atoms with Gasteiger partial charge in [0.1, 0.15) is 11.8 Å². The Labute approximate surface area is 119 Å². The van der Waals surface area contributed by atoms with Gasteiger partial charge in [-0.2, -0.15) is 0 Å². The van der Waals surface area contributed by atoms with E-state index in [2.05, 4.69) is 10.3 Å². The summed E-state index contributed by atoms with van der Waals surface area (Å²) >= 11 is 0. The number of H-pyrrole nitrogens is 1. The summed E-state index contributed by atoms with van der Waals surface area (Å²) in [5.41, 5.74) is 0.845. The maximum absolute atomic E-state index is 12.1. The average molecular weight is 290 g/mol. The molecule has 0 unspecified atom stereocenters. The van der Waals surface area contributed by atoms with Crippen LogP contribution < -0.4 is 10.1 Å². The van der Waals surface area contributed by atoms with Crippen molar-refractivity contribution in [3.8, 4) is 5.75 Å². The van der Waals surface area contributed by atoms with E-state index < -0.39 is 23.7 Å². The van der Waals surface area contributed by atoms with Crippen LogP contribution in [0.3, 0.4) is 0 Å². The molecule has 0 spiro atoms. The van der Waals surface area contributed by atoms with Crippen molar-refractivity contribution in [2.24, 2.45) is 0 Å². The van der Waals surface area contributed by atoms with Crippen LogP contribution in [0.25, 0.3) is 10.9 Å². The van der Waals surface area contributed by atoms with Gasteiger partial charge in [-0.05, 0) is 25.1 Å². The second-order valence-corrected chi connectivity index (χ2v) is 4.48. The second-order valence-electron chi connectivity index (χ2n) is 4.48. The molecule has 7 heteroatoms. The number of amides is 1. The minimum atomic E-state index is -1.21. The number of carbonyl (C=O) groups is 3. The second kappa shape index (κ2) is 5.66. The Morgan fingerprint density at radius 1 is 1.33 bits per heavy atom. The number of rotatable bonds is 5. The summed E-state index contributed by atoms with van der Waals surface area (Å²) in [4.78, 5) is 37.5. The molecule has 110 valence electrons. The van der Waals surface area contributed by atoms with Crippen molar-refractivity contribution < 1.29 is 24.2 Å². The summed E-state index contributed by atoms with van der Waals surface area (Å²) in [6.07, 6.45) is 1.41. The van der Waals surface area contributed by atoms with Crippen molar-refractivity contribution in [2.45, 2.75) is 13.0 Å². The van der Waals surface area contributed by atoms with E-state index in [1.54, 1.807) is 18.2 Å². The molecule has 3 N–H and O–H groups in total. The Hall–Kier alpha value is -2.83. The molecule has 1 atom stereocenters. The van der Waals surface area contributed by atoms with Gasteiger partial charge in [-0.25, -0.2) is 0 Å². The number of ketones is 1. The van der Waals surface area contributed by atoms with Crippen LogP contribution >= 0.6 is 0 Å². The van der Waals surface area contributed by atoms with Crippen LogP contribution in [0.2, 0.25) is 0 Å². The molecule has 1 amide bonds. The fourth-order valence-electron chi connectivity index (χ4n) is 1.86. The van der Waals surface area contributed by atoms with E-state index in [4.69, 9.17) is 9.84 Å². The highest BCUT2D eigenvalue weighted by atomic mass is 16.5. The Morgan fingerprint density at radius 2 is 2.05 bits per heavy atom. The van der Waals surface area contributed by atoms with E-state index in [0.29, 0.717) is 16.7 Å². The van der Waals surface area contributed by atoms with Gasteiger partial charge in [0.15, 0.2) is 0 Å². The summed E-state index contributed by atoms with van der Waals surface area (Å²) in [7, 11) is 1.50. The first-order valence-electron chi connectivity index (χ1n) is 6.17. The van der Waals surface area contributed by atoms with Crippen molar-refractivity contribution in [2.75, 3.05) is 7.11 Å². The number of aliphatic carboxylic acids is 1. The van der Waals surface area contributed by atoms with Crippen LogP contribution in [-0.4, -0.2) is 40.9 Å². The minimum Gasteiger partial charge on any atom is -0.497 e. The maximum atomic E-state index is 12.1. The van der Waals surface area contributed by atoms with Crippen LogP contribution in [0, 0.1) is 0 Å². The van der Waals surface area contributed by atoms with Gasteiger partial charge in [-0.3, -0.25) is 14.4 Å². The molecular weight excluding hydrogens is 276 g/mol. The molecule has 0 saturated heterocycles. The first kappa shape index (κ1) is 14.6. The number of methoxy groups -OCH3 is 1. The molecule has 0 saturated carbocycles. The number of carboxylic acids is 1. The van der Waals surface area contributed by atoms with Gasteiger partial charge < -0.3 is 20.1 Å². The first-order chi connectivity index (χ1) is 9.93. The molecule has 7 nitrogen and oxygen atoms in total. The number of hydrogen-bond acceptors (Lipinski definition) is 4. The fourth-order valence-corrected chi connectivity index (χ4v) is 1.86. The number of hydrogen-bond donors (Lipinski definition) is 3. The molecule has 1 aromatic carbocycles. The zero-order valence-electron chi connectivity index (χ0n) is 11.5. The third kappa shape index (κ3) is 2.86. The van der Waals surface area contributed by atoms with Crippen molar-refractivity contribution in [1.29, 1.82) is 0 Å². The van der Waals surface area contributed by atoms with Gasteiger partial charge in [0.05, 0.1) is 12.7 Å². The van der Waals surface area contributed by atoms with Gasteiger partial charge >= 0.3 is 5.97 Å². The molecule has 0 aliphatic heterocycles. The molecule has 0 bridgehead atoms. The molecule has 2 rings (SSSR count). The van der Waals surface area contributed by atoms with Gasteiger partial charge in [-0.1, -0.05) is 0 Å². The molecule has 0 radical (unpaired) electrons. The van der Waals surface area contributed by atoms with E-state index in [-0.39, 0.29) is 5.56 Å². The lowest BCUT2D eigenvalue weighted by Crippen LogP contribution is -2.41. The molecule has 0 aliphatic rings. The number of Topliss-reactive ketones (excluding diaryl/α,β-unsaturated/α-hetero) is 1. The lowest BCUT2D eigenvalue weighted by Gasteiger charge is -2.08. The zero-order chi connectivity index (χ0) is 15.6. The van der Waals surface area contributed by atoms with E-state index in [1.807, 2.05) is 0 Å². The van der Waals surface area contributed by atoms with Crippen LogP contribution in [0.5, 0.6) is 5.75 Å². The third-order valence-corrected chi connectivity index (χ3v) is 3.06. The first-order valence-corrected chi connectivity index (χ1v) is 6.17. The Balaban J connectivity index is 2.31. The summed E-state index contributed by atoms with van der Waals surface area (Å²) in [5, 5.41) is 11.4. The molecule has 0 fully saturated rings. The van der Waals surface area contributed by atoms with Gasteiger partial charge in [0.25, 0.3) is 11.7 Å². The topological polar surface area (TPSA) is 108 Å². The van der Waals surface area contributed by atoms with Crippen molar-refractivity contribution in [1.82, 2.24) is 10.3 Å². The van der Waals surface area contributed by atoms with Crippen LogP contribution in [0.4, 0.5) is 0 Å². The molecule has 0 aliphatic carbocycles. The SMILES string of the molecule is COc1ccc2[nH]cc(C(=O)C(=O)N[C@H](C)C(=O)O)c2c1. The highest BCUT2D eigenvalue weighted by Crippen LogP contribution is 2.23. The number of aromatic nitrogens is 1. The number of aromatic amines is 1. The Morgan fingerprint density at radius 3 is 2.67 bits per heavy atom. The summed E-state index contributed by atoms with van der Waals surface area (Å²) in [6, 6.07) is 3.94. The minimum absolute atomic E-state index is 0.166. The van der Waals surface area contributed by atoms with Crippen molar-refractivity contribution >= 4 is 28.6 Å². The number of nitrogens with one attached hydrogen (secondary N) is 2. The predicted octanol–water partition coefficient (Wildman–Crippen LogP) is 0.948. The lowest BCUT2D eigenvalue weighted by molar-refractivity contribution is -0.140. The number of ether oxygens (including phenoxy) is 1. The Bertz CT molecular complexity index is 719. The Kier molecular flexibility index (Phi) is 3.93. The zero-order valence-corrected chi connectivity index (χ0v) is 11.5. The highest BCUT2D eigenvalue weighted by molar-refractivity contribution is 6.45. The number of fused-ring (bicyclic) bond motifs is 1. The number of benzene rings is 1. The van der Waals surface area contributed by atoms with Gasteiger partial charge in [0, 0.05) is 17.1 Å². The average Bonchev–Trinajstić information content (AvgIpc) is 2.88. The van der Waals surface area contributed by atoms with E-state index in [1.165, 1.54) is 20.2 Å². The van der Waals surface area contributed by atoms with Crippen LogP contribution in [0.15, 0.2) is 24.4 Å². The fraction of sp³-hybridized carbons (Fsp3) is 0.214.